The van der Waals surface area contributed by atoms with Crippen LogP contribution in [-0.2, 0) is 0 Å². The van der Waals surface area contributed by atoms with Crippen molar-refractivity contribution >= 4 is 27.5 Å². The van der Waals surface area contributed by atoms with E-state index in [0.29, 0.717) is 15.3 Å². The van der Waals surface area contributed by atoms with Crippen molar-refractivity contribution in [2.45, 2.75) is 6.92 Å². The smallest absolute Gasteiger partial charge is 0.130 e. The molecule has 0 aromatic carbocycles. The van der Waals surface area contributed by atoms with E-state index in [9.17, 15) is 0 Å². The number of aromatic nitrogens is 1. The third kappa shape index (κ3) is 1.70. The fraction of sp³-hybridized carbons (Fsp3) is 0.143. The lowest BCUT2D eigenvalue weighted by Crippen LogP contribution is -1.88. The van der Waals surface area contributed by atoms with Crippen LogP contribution in [0.2, 0.25) is 5.15 Å². The Bertz CT molecular complexity index is 307. The summed E-state index contributed by atoms with van der Waals surface area (Å²) in [5, 5.41) is 9.02. The molecule has 0 atom stereocenters. The first-order chi connectivity index (χ1) is 5.15. The van der Waals surface area contributed by atoms with Crippen LogP contribution in [0.1, 0.15) is 11.1 Å². The average Bonchev–Trinajstić information content (AvgIpc) is 1.85. The Balaban J connectivity index is 3.40. The van der Waals surface area contributed by atoms with Crippen LogP contribution in [0.15, 0.2) is 10.7 Å². The van der Waals surface area contributed by atoms with Crippen molar-refractivity contribution in [1.82, 2.24) is 4.98 Å². The molecule has 11 heavy (non-hydrogen) atoms. The lowest BCUT2D eigenvalue weighted by Gasteiger charge is -1.98. The van der Waals surface area contributed by atoms with Crippen LogP contribution in [0, 0.1) is 18.3 Å². The molecule has 0 radical (unpaired) electrons. The molecule has 2 nitrogen and oxygen atoms in total. The normalized spacial score (nSPS) is 9.27. The summed E-state index contributed by atoms with van der Waals surface area (Å²) in [7, 11) is 0. The second-order valence-electron chi connectivity index (χ2n) is 2.04. The summed E-state index contributed by atoms with van der Waals surface area (Å²) >= 11 is 8.77. The molecular formula is C7H4BrClN2. The Labute approximate surface area is 77.9 Å². The summed E-state index contributed by atoms with van der Waals surface area (Å²) in [6.45, 7) is 1.82. The van der Waals surface area contributed by atoms with Gasteiger partial charge in [-0.05, 0) is 34.5 Å². The monoisotopic (exact) mass is 230 g/mol. The molecule has 0 fully saturated rings. The van der Waals surface area contributed by atoms with E-state index in [-0.39, 0.29) is 0 Å². The molecule has 0 N–H and O–H groups in total. The summed E-state index contributed by atoms with van der Waals surface area (Å²) in [6, 6.07) is 3.68. The Kier molecular flexibility index (Phi) is 2.48. The molecule has 0 unspecified atom stereocenters. The lowest BCUT2D eigenvalue weighted by molar-refractivity contribution is 1.21. The van der Waals surface area contributed by atoms with E-state index in [2.05, 4.69) is 20.9 Å². The van der Waals surface area contributed by atoms with Crippen molar-refractivity contribution in [1.29, 1.82) is 5.26 Å². The number of halogens is 2. The first-order valence-electron chi connectivity index (χ1n) is 2.88. The van der Waals surface area contributed by atoms with Crippen molar-refractivity contribution < 1.29 is 0 Å². The predicted octanol–water partition coefficient (Wildman–Crippen LogP) is 2.68. The highest BCUT2D eigenvalue weighted by molar-refractivity contribution is 9.10. The van der Waals surface area contributed by atoms with Gasteiger partial charge in [-0.1, -0.05) is 11.6 Å². The van der Waals surface area contributed by atoms with Crippen LogP contribution >= 0.6 is 27.5 Å². The van der Waals surface area contributed by atoms with Gasteiger partial charge in [0.25, 0.3) is 0 Å². The molecule has 0 bridgehead atoms. The molecule has 4 heteroatoms. The van der Waals surface area contributed by atoms with Crippen molar-refractivity contribution in [3.63, 3.8) is 0 Å². The lowest BCUT2D eigenvalue weighted by atomic mass is 10.2. The van der Waals surface area contributed by atoms with Gasteiger partial charge in [0, 0.05) is 0 Å². The minimum absolute atomic E-state index is 0.397. The molecule has 1 aromatic rings. The van der Waals surface area contributed by atoms with Gasteiger partial charge >= 0.3 is 0 Å². The van der Waals surface area contributed by atoms with E-state index in [1.807, 2.05) is 13.0 Å². The number of nitrogens with zero attached hydrogens (tertiary/aromatic N) is 2. The molecule has 0 spiro atoms. The molecule has 1 rings (SSSR count). The number of hydrogen-bond donors (Lipinski definition) is 0. The molecule has 0 aliphatic carbocycles. The Morgan fingerprint density at radius 1 is 1.73 bits per heavy atom. The van der Waals surface area contributed by atoms with Gasteiger partial charge in [-0.15, -0.1) is 0 Å². The van der Waals surface area contributed by atoms with Crippen molar-refractivity contribution in [2.75, 3.05) is 0 Å². The number of nitriles is 1. The molecule has 0 saturated heterocycles. The molecule has 0 saturated carbocycles. The molecular weight excluding hydrogens is 227 g/mol. The van der Waals surface area contributed by atoms with Gasteiger partial charge in [0.15, 0.2) is 0 Å². The highest BCUT2D eigenvalue weighted by Crippen LogP contribution is 2.20. The predicted molar refractivity (Wildman–Crippen MR) is 46.4 cm³/mol. The standard InChI is InChI=1S/C7H4BrClN2/c1-4-2-6(9)11-7(8)5(4)3-10/h2H,1H3. The third-order valence-corrected chi connectivity index (χ3v) is 2.02. The fourth-order valence-corrected chi connectivity index (χ4v) is 1.67. The largest absolute Gasteiger partial charge is 0.228 e. The van der Waals surface area contributed by atoms with Crippen LogP contribution < -0.4 is 0 Å². The number of rotatable bonds is 0. The molecule has 56 valence electrons. The quantitative estimate of drug-likeness (QED) is 0.644. The number of hydrogen-bond acceptors (Lipinski definition) is 2. The molecule has 1 aromatic heterocycles. The number of pyridine rings is 1. The SMILES string of the molecule is Cc1cc(Cl)nc(Br)c1C#N. The summed E-state index contributed by atoms with van der Waals surface area (Å²) < 4.78 is 0.505. The summed E-state index contributed by atoms with van der Waals surface area (Å²) in [5.74, 6) is 0. The number of aryl methyl sites for hydroxylation is 1. The van der Waals surface area contributed by atoms with Crippen molar-refractivity contribution in [3.05, 3.63) is 26.9 Å². The Morgan fingerprint density at radius 2 is 2.36 bits per heavy atom. The summed E-state index contributed by atoms with van der Waals surface area (Å²) in [6.07, 6.45) is 0. The topological polar surface area (TPSA) is 36.7 Å². The van der Waals surface area contributed by atoms with Gasteiger partial charge in [0.05, 0.1) is 5.56 Å². The molecule has 0 amide bonds. The van der Waals surface area contributed by atoms with Gasteiger partial charge in [0.2, 0.25) is 0 Å². The summed E-state index contributed by atoms with van der Waals surface area (Å²) in [4.78, 5) is 3.86. The highest BCUT2D eigenvalue weighted by Gasteiger charge is 2.04. The zero-order chi connectivity index (χ0) is 8.43. The van der Waals surface area contributed by atoms with E-state index in [1.165, 1.54) is 0 Å². The first kappa shape index (κ1) is 8.51. The van der Waals surface area contributed by atoms with Crippen molar-refractivity contribution in [2.24, 2.45) is 0 Å². The fourth-order valence-electron chi connectivity index (χ4n) is 0.730. The second-order valence-corrected chi connectivity index (χ2v) is 3.18. The minimum atomic E-state index is 0.397. The average molecular weight is 231 g/mol. The molecule has 0 aliphatic heterocycles. The van der Waals surface area contributed by atoms with E-state index >= 15 is 0 Å². The molecule has 1 heterocycles. The van der Waals surface area contributed by atoms with E-state index < -0.39 is 0 Å². The van der Waals surface area contributed by atoms with Gasteiger partial charge < -0.3 is 0 Å². The van der Waals surface area contributed by atoms with E-state index in [1.54, 1.807) is 6.07 Å². The van der Waals surface area contributed by atoms with Crippen LogP contribution in [0.25, 0.3) is 0 Å². The third-order valence-electron chi connectivity index (χ3n) is 1.25. The van der Waals surface area contributed by atoms with Crippen LogP contribution in [-0.4, -0.2) is 4.98 Å². The van der Waals surface area contributed by atoms with Gasteiger partial charge in [0.1, 0.15) is 15.8 Å². The maximum absolute atomic E-state index is 8.63. The van der Waals surface area contributed by atoms with Crippen LogP contribution in [0.5, 0.6) is 0 Å². The van der Waals surface area contributed by atoms with Crippen molar-refractivity contribution in [3.8, 4) is 6.07 Å². The zero-order valence-electron chi connectivity index (χ0n) is 5.73. The Morgan fingerprint density at radius 3 is 2.82 bits per heavy atom. The maximum atomic E-state index is 8.63. The minimum Gasteiger partial charge on any atom is -0.228 e. The zero-order valence-corrected chi connectivity index (χ0v) is 8.07. The van der Waals surface area contributed by atoms with E-state index in [4.69, 9.17) is 16.9 Å². The summed E-state index contributed by atoms with van der Waals surface area (Å²) in [5.41, 5.74) is 1.37. The Hall–Kier alpha value is -0.590. The second kappa shape index (κ2) is 3.21. The van der Waals surface area contributed by atoms with Crippen LogP contribution in [0.3, 0.4) is 0 Å². The highest BCUT2D eigenvalue weighted by atomic mass is 79.9. The maximum Gasteiger partial charge on any atom is 0.130 e. The van der Waals surface area contributed by atoms with Gasteiger partial charge in [-0.25, -0.2) is 4.98 Å². The van der Waals surface area contributed by atoms with Gasteiger partial charge in [-0.2, -0.15) is 5.26 Å². The van der Waals surface area contributed by atoms with Crippen LogP contribution in [0.4, 0.5) is 0 Å². The molecule has 0 aliphatic rings. The van der Waals surface area contributed by atoms with E-state index in [0.717, 1.165) is 5.56 Å². The first-order valence-corrected chi connectivity index (χ1v) is 4.05. The van der Waals surface area contributed by atoms with Gasteiger partial charge in [-0.3, -0.25) is 0 Å².